The number of aromatic nitrogens is 2. The number of nitrogens with zero attached hydrogens (tertiary/aromatic N) is 2. The van der Waals surface area contributed by atoms with Gasteiger partial charge in [-0.1, -0.05) is 42.5 Å². The Morgan fingerprint density at radius 2 is 1.77 bits per heavy atom. The number of hydrogen-bond donors (Lipinski definition) is 2. The molecule has 0 unspecified atom stereocenters. The molecule has 4 rings (SSSR count). The molecule has 2 N–H and O–H groups in total. The average Bonchev–Trinajstić information content (AvgIpc) is 3.18. The summed E-state index contributed by atoms with van der Waals surface area (Å²) in [5.41, 5.74) is 6.21. The molecule has 0 radical (unpaired) electrons. The number of anilines is 1. The van der Waals surface area contributed by atoms with E-state index in [0.29, 0.717) is 16.9 Å². The van der Waals surface area contributed by atoms with Gasteiger partial charge in [0.05, 0.1) is 24.2 Å². The Hall–Kier alpha value is -3.77. The molecule has 6 nitrogen and oxygen atoms in total. The lowest BCUT2D eigenvalue weighted by molar-refractivity contribution is -0.114. The van der Waals surface area contributed by atoms with Crippen molar-refractivity contribution in [2.45, 2.75) is 20.5 Å². The maximum absolute atomic E-state index is 11.8. The van der Waals surface area contributed by atoms with Crippen LogP contribution in [0.25, 0.3) is 28.0 Å². The summed E-state index contributed by atoms with van der Waals surface area (Å²) in [5.74, 6) is -0.174. The monoisotopic (exact) mass is 399 g/mol. The molecular formula is C24H21N3O3. The molecule has 0 aliphatic heterocycles. The zero-order chi connectivity index (χ0) is 21.3. The number of carbonyl (C=O) groups excluding carboxylic acids is 2. The van der Waals surface area contributed by atoms with E-state index in [1.807, 2.05) is 53.1 Å². The molecular weight excluding hydrogens is 378 g/mol. The molecule has 1 amide bonds. The number of ketones is 1. The summed E-state index contributed by atoms with van der Waals surface area (Å²) in [6.07, 6.45) is 3.70. The van der Waals surface area contributed by atoms with Crippen LogP contribution >= 0.6 is 0 Å². The van der Waals surface area contributed by atoms with Crippen LogP contribution in [-0.4, -0.2) is 26.2 Å². The van der Waals surface area contributed by atoms with Gasteiger partial charge < -0.3 is 10.4 Å². The highest BCUT2D eigenvalue weighted by atomic mass is 16.3. The molecule has 6 heteroatoms. The van der Waals surface area contributed by atoms with Crippen LogP contribution in [0.1, 0.15) is 29.8 Å². The van der Waals surface area contributed by atoms with Crippen molar-refractivity contribution in [3.63, 3.8) is 0 Å². The summed E-state index contributed by atoms with van der Waals surface area (Å²) in [7, 11) is 0. The zero-order valence-corrected chi connectivity index (χ0v) is 16.7. The second-order valence-corrected chi connectivity index (χ2v) is 7.15. The predicted molar refractivity (Wildman–Crippen MR) is 116 cm³/mol. The minimum Gasteiger partial charge on any atom is -0.392 e. The first-order chi connectivity index (χ1) is 14.5. The fourth-order valence-electron chi connectivity index (χ4n) is 3.47. The van der Waals surface area contributed by atoms with E-state index in [0.717, 1.165) is 27.9 Å². The van der Waals surface area contributed by atoms with Crippen LogP contribution in [-0.2, 0) is 11.4 Å². The molecule has 0 bridgehead atoms. The number of amides is 1. The number of fused-ring (bicyclic) bond motifs is 1. The molecule has 150 valence electrons. The van der Waals surface area contributed by atoms with E-state index >= 15 is 0 Å². The van der Waals surface area contributed by atoms with Crippen LogP contribution in [0.5, 0.6) is 0 Å². The molecule has 0 spiro atoms. The molecule has 2 heterocycles. The van der Waals surface area contributed by atoms with E-state index in [4.69, 9.17) is 0 Å². The summed E-state index contributed by atoms with van der Waals surface area (Å²) in [6.45, 7) is 2.95. The molecule has 2 aromatic carbocycles. The fraction of sp³-hybridized carbons (Fsp3) is 0.125. The summed E-state index contributed by atoms with van der Waals surface area (Å²) in [5, 5.41) is 12.3. The van der Waals surface area contributed by atoms with Gasteiger partial charge in [-0.2, -0.15) is 0 Å². The number of rotatable bonds is 5. The molecule has 30 heavy (non-hydrogen) atoms. The lowest BCUT2D eigenvalue weighted by Gasteiger charge is -2.12. The topological polar surface area (TPSA) is 83.7 Å². The Morgan fingerprint density at radius 3 is 2.43 bits per heavy atom. The standard InChI is InChI=1S/C24H21N3O3/c1-15(29)18-6-8-19(9-7-18)23-12-25-24-22(26-16(2)30)11-21(13-27(23)24)20-5-3-4-17(10-20)14-28/h3-13,28H,14H2,1-2H3,(H,26,30). The third-order valence-electron chi connectivity index (χ3n) is 4.95. The highest BCUT2D eigenvalue weighted by Gasteiger charge is 2.14. The van der Waals surface area contributed by atoms with Gasteiger partial charge >= 0.3 is 0 Å². The smallest absolute Gasteiger partial charge is 0.221 e. The normalized spacial score (nSPS) is 10.9. The van der Waals surface area contributed by atoms with Gasteiger partial charge in [-0.05, 0) is 30.2 Å². The van der Waals surface area contributed by atoms with E-state index in [2.05, 4.69) is 10.3 Å². The minimum absolute atomic E-state index is 0.0127. The van der Waals surface area contributed by atoms with Crippen LogP contribution < -0.4 is 5.32 Å². The second-order valence-electron chi connectivity index (χ2n) is 7.15. The third-order valence-corrected chi connectivity index (χ3v) is 4.95. The first-order valence-corrected chi connectivity index (χ1v) is 9.56. The van der Waals surface area contributed by atoms with Crippen molar-refractivity contribution in [1.29, 1.82) is 0 Å². The number of hydrogen-bond acceptors (Lipinski definition) is 4. The lowest BCUT2D eigenvalue weighted by Crippen LogP contribution is -2.08. The third kappa shape index (κ3) is 3.73. The minimum atomic E-state index is -0.187. The van der Waals surface area contributed by atoms with Crippen LogP contribution in [0.2, 0.25) is 0 Å². The summed E-state index contributed by atoms with van der Waals surface area (Å²) < 4.78 is 1.93. The van der Waals surface area contributed by atoms with E-state index in [9.17, 15) is 14.7 Å². The fourth-order valence-corrected chi connectivity index (χ4v) is 3.47. The Kier molecular flexibility index (Phi) is 5.16. The lowest BCUT2D eigenvalue weighted by atomic mass is 10.0. The van der Waals surface area contributed by atoms with Gasteiger partial charge in [-0.3, -0.25) is 14.0 Å². The second kappa shape index (κ2) is 7.93. The summed E-state index contributed by atoms with van der Waals surface area (Å²) >= 11 is 0. The Bertz CT molecular complexity index is 1260. The summed E-state index contributed by atoms with van der Waals surface area (Å²) in [4.78, 5) is 27.9. The molecule has 4 aromatic rings. The maximum atomic E-state index is 11.8. The number of aliphatic hydroxyl groups excluding tert-OH is 1. The van der Waals surface area contributed by atoms with E-state index in [-0.39, 0.29) is 18.3 Å². The van der Waals surface area contributed by atoms with Crippen molar-refractivity contribution < 1.29 is 14.7 Å². The Morgan fingerprint density at radius 1 is 1.00 bits per heavy atom. The molecule has 2 aromatic heterocycles. The highest BCUT2D eigenvalue weighted by Crippen LogP contribution is 2.31. The van der Waals surface area contributed by atoms with E-state index in [1.165, 1.54) is 13.8 Å². The number of carbonyl (C=O) groups is 2. The predicted octanol–water partition coefficient (Wildman–Crippen LogP) is 4.32. The van der Waals surface area contributed by atoms with Crippen molar-refractivity contribution in [3.05, 3.63) is 78.1 Å². The number of aliphatic hydroxyl groups is 1. The van der Waals surface area contributed by atoms with Crippen LogP contribution in [0.15, 0.2) is 67.0 Å². The largest absolute Gasteiger partial charge is 0.392 e. The zero-order valence-electron chi connectivity index (χ0n) is 16.7. The van der Waals surface area contributed by atoms with Gasteiger partial charge in [0.15, 0.2) is 11.4 Å². The molecule has 0 saturated heterocycles. The number of benzene rings is 2. The molecule has 0 aliphatic carbocycles. The first-order valence-electron chi connectivity index (χ1n) is 9.56. The SMILES string of the molecule is CC(=O)Nc1cc(-c2cccc(CO)c2)cn2c(-c3ccc(C(C)=O)cc3)cnc12. The van der Waals surface area contributed by atoms with Gasteiger partial charge in [0, 0.05) is 29.8 Å². The van der Waals surface area contributed by atoms with Crippen molar-refractivity contribution in [3.8, 4) is 22.4 Å². The van der Waals surface area contributed by atoms with Crippen molar-refractivity contribution in [2.24, 2.45) is 0 Å². The number of Topliss-reactive ketones (excluding diaryl/α,β-unsaturated/α-hetero) is 1. The number of imidazole rings is 1. The molecule has 0 fully saturated rings. The molecule has 0 aliphatic rings. The van der Waals surface area contributed by atoms with E-state index in [1.54, 1.807) is 18.3 Å². The first kappa shape index (κ1) is 19.5. The Balaban J connectivity index is 1.90. The van der Waals surface area contributed by atoms with Gasteiger partial charge in [-0.15, -0.1) is 0 Å². The number of pyridine rings is 1. The van der Waals surface area contributed by atoms with Crippen LogP contribution in [0, 0.1) is 0 Å². The van der Waals surface area contributed by atoms with Crippen LogP contribution in [0.3, 0.4) is 0 Å². The van der Waals surface area contributed by atoms with Crippen LogP contribution in [0.4, 0.5) is 5.69 Å². The van der Waals surface area contributed by atoms with E-state index < -0.39 is 0 Å². The van der Waals surface area contributed by atoms with Gasteiger partial charge in [-0.25, -0.2) is 4.98 Å². The summed E-state index contributed by atoms with van der Waals surface area (Å²) in [6, 6.07) is 16.8. The van der Waals surface area contributed by atoms with Gasteiger partial charge in [0.1, 0.15) is 0 Å². The van der Waals surface area contributed by atoms with Crippen molar-refractivity contribution in [2.75, 3.05) is 5.32 Å². The van der Waals surface area contributed by atoms with Gasteiger partial charge in [0.2, 0.25) is 5.91 Å². The highest BCUT2D eigenvalue weighted by molar-refractivity contribution is 5.95. The van der Waals surface area contributed by atoms with Crippen molar-refractivity contribution >= 4 is 23.0 Å². The van der Waals surface area contributed by atoms with Crippen molar-refractivity contribution in [1.82, 2.24) is 9.38 Å². The van der Waals surface area contributed by atoms with Gasteiger partial charge in [0.25, 0.3) is 0 Å². The maximum Gasteiger partial charge on any atom is 0.221 e. The Labute approximate surface area is 173 Å². The molecule has 0 atom stereocenters. The molecule has 0 saturated carbocycles. The quantitative estimate of drug-likeness (QED) is 0.490. The number of nitrogens with one attached hydrogen (secondary N) is 1. The average molecular weight is 399 g/mol.